The summed E-state index contributed by atoms with van der Waals surface area (Å²) in [6, 6.07) is 0.790. The molecule has 0 heterocycles. The molecule has 1 rings (SSSR count). The van der Waals surface area contributed by atoms with Crippen LogP contribution in [0.25, 0.3) is 0 Å². The van der Waals surface area contributed by atoms with Gasteiger partial charge in [0.15, 0.2) is 0 Å². The summed E-state index contributed by atoms with van der Waals surface area (Å²) in [6.07, 6.45) is 0.769. The van der Waals surface area contributed by atoms with Crippen molar-refractivity contribution in [3.8, 4) is 0 Å². The first-order valence-electron chi connectivity index (χ1n) is 16.4. The van der Waals surface area contributed by atoms with Crippen molar-refractivity contribution in [2.45, 2.75) is 94.2 Å². The van der Waals surface area contributed by atoms with Crippen LogP contribution in [0.3, 0.4) is 0 Å². The van der Waals surface area contributed by atoms with Gasteiger partial charge in [0.25, 0.3) is 0 Å². The molecule has 1 aliphatic rings. The van der Waals surface area contributed by atoms with Crippen LogP contribution in [0.4, 0.5) is 0 Å². The Balaban J connectivity index is 3.24. The van der Waals surface area contributed by atoms with E-state index in [-0.39, 0.29) is 13.1 Å². The van der Waals surface area contributed by atoms with E-state index >= 15 is 0 Å². The molecule has 14 nitrogen and oxygen atoms in total. The second kappa shape index (κ2) is 17.5. The Morgan fingerprint density at radius 3 is 0.935 bits per heavy atom. The molecule has 1 fully saturated rings. The number of amides is 2. The Hall–Kier alpha value is -1.93. The van der Waals surface area contributed by atoms with Gasteiger partial charge in [-0.15, -0.1) is 0 Å². The Kier molecular flexibility index (Phi) is 16.0. The Bertz CT molecular complexity index is 921. The van der Waals surface area contributed by atoms with Gasteiger partial charge in [-0.3, -0.25) is 19.2 Å². The van der Waals surface area contributed by atoms with Crippen LogP contribution in [0.15, 0.2) is 0 Å². The molecule has 46 heavy (non-hydrogen) atoms. The van der Waals surface area contributed by atoms with Crippen molar-refractivity contribution in [1.29, 1.82) is 0 Å². The van der Waals surface area contributed by atoms with Crippen molar-refractivity contribution < 1.29 is 55.9 Å². The molecule has 1 saturated carbocycles. The molecule has 0 radical (unpaired) electrons. The summed E-state index contributed by atoms with van der Waals surface area (Å²) in [6.45, 7) is 18.7. The molecule has 0 saturated heterocycles. The molecule has 268 valence electrons. The monoisotopic (exact) mass is 694 g/mol. The summed E-state index contributed by atoms with van der Waals surface area (Å²) in [4.78, 5) is 53.7. The zero-order chi connectivity index (χ0) is 35.5. The summed E-state index contributed by atoms with van der Waals surface area (Å²) in [7, 11) is -5.99. The number of carboxylic acid groups (broad SMARTS) is 2. The fourth-order valence-electron chi connectivity index (χ4n) is 7.07. The highest BCUT2D eigenvalue weighted by Gasteiger charge is 2.90. The maximum absolute atomic E-state index is 13.9. The van der Waals surface area contributed by atoms with E-state index in [1.54, 1.807) is 0 Å². The molecule has 2 amide bonds. The third-order valence-electron chi connectivity index (χ3n) is 9.84. The molecular formula is C30H58N2O12Si2. The van der Waals surface area contributed by atoms with Gasteiger partial charge in [-0.25, -0.2) is 0 Å². The Labute approximate surface area is 276 Å². The predicted molar refractivity (Wildman–Crippen MR) is 174 cm³/mol. The minimum atomic E-state index is -2.99. The van der Waals surface area contributed by atoms with Gasteiger partial charge < -0.3 is 47.4 Å². The van der Waals surface area contributed by atoms with E-state index in [0.29, 0.717) is 64.6 Å². The number of aliphatic carboxylic acids is 2. The van der Waals surface area contributed by atoms with Gasteiger partial charge >= 0.3 is 29.5 Å². The smallest absolute Gasteiger partial charge is 0.481 e. The highest BCUT2D eigenvalue weighted by molar-refractivity contribution is 6.61. The quantitative estimate of drug-likeness (QED) is 0.0854. The van der Waals surface area contributed by atoms with E-state index in [0.717, 1.165) is 0 Å². The maximum Gasteiger partial charge on any atom is 0.500 e. The van der Waals surface area contributed by atoms with E-state index in [1.807, 2.05) is 41.5 Å². The van der Waals surface area contributed by atoms with E-state index in [1.165, 1.54) is 27.7 Å². The molecule has 0 atom stereocenters. The largest absolute Gasteiger partial charge is 0.500 e. The molecule has 0 unspecified atom stereocenters. The lowest BCUT2D eigenvalue weighted by Crippen LogP contribution is -2.86. The minimum absolute atomic E-state index is 0.0931. The molecule has 0 bridgehead atoms. The highest BCUT2D eigenvalue weighted by Crippen LogP contribution is 2.78. The van der Waals surface area contributed by atoms with Crippen LogP contribution in [0.1, 0.15) is 82.1 Å². The van der Waals surface area contributed by atoms with E-state index in [2.05, 4.69) is 10.6 Å². The Morgan fingerprint density at radius 1 is 0.500 bits per heavy atom. The van der Waals surface area contributed by atoms with Gasteiger partial charge in [0, 0.05) is 64.8 Å². The number of carboxylic acids is 2. The van der Waals surface area contributed by atoms with Gasteiger partial charge in [0.05, 0.1) is 21.7 Å². The number of hydrogen-bond acceptors (Lipinski definition) is 10. The van der Waals surface area contributed by atoms with Crippen molar-refractivity contribution >= 4 is 41.4 Å². The molecule has 0 aliphatic heterocycles. The van der Waals surface area contributed by atoms with E-state index < -0.39 is 63.0 Å². The first-order valence-corrected chi connectivity index (χ1v) is 20.2. The average molecular weight is 695 g/mol. The van der Waals surface area contributed by atoms with Crippen molar-refractivity contribution in [1.82, 2.24) is 10.6 Å². The molecule has 0 aromatic heterocycles. The third-order valence-corrected chi connectivity index (χ3v) is 16.1. The molecule has 0 aromatic carbocycles. The second-order valence-electron chi connectivity index (χ2n) is 11.8. The van der Waals surface area contributed by atoms with Crippen LogP contribution in [-0.4, -0.2) is 104 Å². The summed E-state index contributed by atoms with van der Waals surface area (Å²) < 4.78 is 35.1. The molecule has 0 aromatic rings. The van der Waals surface area contributed by atoms with Gasteiger partial charge in [-0.2, -0.15) is 0 Å². The Morgan fingerprint density at radius 2 is 0.739 bits per heavy atom. The SMILES string of the molecule is CCO[Si](CCCNC(=O)C1(C)C(C)(C(=O)O)C(C)(C(=O)NCCC[Si](OCC)(OCC)OCC)C1(C)C(=O)O)(OCC)OCC. The number of carbonyl (C=O) groups excluding carboxylic acids is 2. The van der Waals surface area contributed by atoms with Crippen LogP contribution in [0.2, 0.25) is 12.1 Å². The number of rotatable bonds is 24. The van der Waals surface area contributed by atoms with Crippen molar-refractivity contribution in [2.75, 3.05) is 52.7 Å². The van der Waals surface area contributed by atoms with Gasteiger partial charge in [0.2, 0.25) is 11.8 Å². The summed E-state index contributed by atoms with van der Waals surface area (Å²) in [5.74, 6) is -4.45. The van der Waals surface area contributed by atoms with Crippen molar-refractivity contribution in [3.63, 3.8) is 0 Å². The zero-order valence-corrected chi connectivity index (χ0v) is 31.5. The number of nitrogens with one attached hydrogen (secondary N) is 2. The fraction of sp³-hybridized carbons (Fsp3) is 0.867. The maximum atomic E-state index is 13.9. The van der Waals surface area contributed by atoms with Crippen LogP contribution in [-0.2, 0) is 45.7 Å². The molecule has 4 N–H and O–H groups in total. The molecule has 0 spiro atoms. The summed E-state index contributed by atoms with van der Waals surface area (Å²) in [5, 5.41) is 26.6. The number of hydrogen-bond donors (Lipinski definition) is 4. The van der Waals surface area contributed by atoms with E-state index in [4.69, 9.17) is 26.6 Å². The molecular weight excluding hydrogens is 637 g/mol. The minimum Gasteiger partial charge on any atom is -0.481 e. The fourth-order valence-corrected chi connectivity index (χ4v) is 12.3. The lowest BCUT2D eigenvalue weighted by molar-refractivity contribution is -0.281. The summed E-state index contributed by atoms with van der Waals surface area (Å²) >= 11 is 0. The van der Waals surface area contributed by atoms with Crippen LogP contribution in [0, 0.1) is 21.7 Å². The lowest BCUT2D eigenvalue weighted by atomic mass is 9.25. The van der Waals surface area contributed by atoms with Gasteiger partial charge in [-0.1, -0.05) is 0 Å². The topological polar surface area (TPSA) is 188 Å². The second-order valence-corrected chi connectivity index (χ2v) is 17.3. The van der Waals surface area contributed by atoms with Crippen LogP contribution >= 0.6 is 0 Å². The zero-order valence-electron chi connectivity index (χ0n) is 29.5. The standard InChI is InChI=1S/C30H58N2O12Si2/c1-11-39-45(40-12-2,41-13-3)21-17-19-31-23(33)27(7)29(9,25(35)36)28(8,30(27,10)26(37)38)24(34)32-20-18-22-46(42-14-4,43-15-5)44-16-6/h11-22H2,1-10H3,(H,31,33)(H,32,34)(H,35,36)(H,37,38). The number of carbonyl (C=O) groups is 4. The molecule has 16 heteroatoms. The lowest BCUT2D eigenvalue weighted by Gasteiger charge is -2.72. The average Bonchev–Trinajstić information content (AvgIpc) is 3.00. The van der Waals surface area contributed by atoms with Crippen LogP contribution in [0.5, 0.6) is 0 Å². The third kappa shape index (κ3) is 7.38. The predicted octanol–water partition coefficient (Wildman–Crippen LogP) is 3.30. The normalized spacial score (nSPS) is 26.3. The van der Waals surface area contributed by atoms with Crippen LogP contribution < -0.4 is 10.6 Å². The van der Waals surface area contributed by atoms with E-state index in [9.17, 15) is 29.4 Å². The summed E-state index contributed by atoms with van der Waals surface area (Å²) in [5.41, 5.74) is -8.16. The van der Waals surface area contributed by atoms with Crippen molar-refractivity contribution in [2.24, 2.45) is 21.7 Å². The molecule has 1 aliphatic carbocycles. The van der Waals surface area contributed by atoms with Crippen molar-refractivity contribution in [3.05, 3.63) is 0 Å². The first kappa shape index (κ1) is 42.1. The first-order chi connectivity index (χ1) is 21.5. The highest BCUT2D eigenvalue weighted by atomic mass is 28.4. The van der Waals surface area contributed by atoms with Gasteiger partial charge in [-0.05, 0) is 82.1 Å². The van der Waals surface area contributed by atoms with Gasteiger partial charge in [0.1, 0.15) is 0 Å².